The summed E-state index contributed by atoms with van der Waals surface area (Å²) in [5, 5.41) is 3.23. The van der Waals surface area contributed by atoms with Crippen LogP contribution >= 0.6 is 22.9 Å². The fourth-order valence-corrected chi connectivity index (χ4v) is 4.24. The molecule has 3 heterocycles. The lowest BCUT2D eigenvalue weighted by Crippen LogP contribution is -2.42. The van der Waals surface area contributed by atoms with Crippen molar-refractivity contribution in [1.82, 2.24) is 9.88 Å². The highest BCUT2D eigenvalue weighted by molar-refractivity contribution is 7.10. The first-order valence-corrected chi connectivity index (χ1v) is 9.88. The summed E-state index contributed by atoms with van der Waals surface area (Å²) in [6.07, 6.45) is 0.0105. The Balaban J connectivity index is 1.44. The molecule has 0 fully saturated rings. The fourth-order valence-electron chi connectivity index (χ4n) is 3.20. The van der Waals surface area contributed by atoms with Gasteiger partial charge in [-0.25, -0.2) is 9.78 Å². The van der Waals surface area contributed by atoms with Gasteiger partial charge < -0.3 is 9.64 Å². The van der Waals surface area contributed by atoms with Gasteiger partial charge in [0.05, 0.1) is 11.1 Å². The van der Waals surface area contributed by atoms with E-state index in [0.717, 1.165) is 11.8 Å². The molecule has 3 aromatic rings. The number of pyridine rings is 1. The van der Waals surface area contributed by atoms with Crippen molar-refractivity contribution < 1.29 is 14.3 Å². The second-order valence-electron chi connectivity index (χ2n) is 6.47. The summed E-state index contributed by atoms with van der Waals surface area (Å²) < 4.78 is 5.42. The topological polar surface area (TPSA) is 59.5 Å². The molecule has 1 aliphatic rings. The minimum atomic E-state index is -0.836. The number of ether oxygens (including phenoxy) is 1. The lowest BCUT2D eigenvalue weighted by molar-refractivity contribution is -0.140. The van der Waals surface area contributed by atoms with Gasteiger partial charge in [0.2, 0.25) is 0 Å². The minimum Gasteiger partial charge on any atom is -0.449 e. The van der Waals surface area contributed by atoms with Crippen LogP contribution < -0.4 is 0 Å². The first kappa shape index (κ1) is 17.9. The highest BCUT2D eigenvalue weighted by atomic mass is 35.5. The molecule has 0 aliphatic carbocycles. The fraction of sp³-hybridized carbons (Fsp3) is 0.250. The second kappa shape index (κ2) is 7.29. The van der Waals surface area contributed by atoms with Gasteiger partial charge in [-0.1, -0.05) is 11.6 Å². The van der Waals surface area contributed by atoms with Crippen molar-refractivity contribution in [3.8, 4) is 0 Å². The lowest BCUT2D eigenvalue weighted by atomic mass is 10.1. The van der Waals surface area contributed by atoms with Crippen LogP contribution in [0.3, 0.4) is 0 Å². The number of carbonyl (C=O) groups excluding carboxylic acids is 2. The molecule has 4 rings (SSSR count). The molecule has 0 spiro atoms. The van der Waals surface area contributed by atoms with Crippen molar-refractivity contribution in [2.45, 2.75) is 26.0 Å². The first-order valence-electron chi connectivity index (χ1n) is 8.62. The van der Waals surface area contributed by atoms with Gasteiger partial charge in [0.1, 0.15) is 5.15 Å². The third-order valence-corrected chi connectivity index (χ3v) is 5.88. The van der Waals surface area contributed by atoms with Crippen molar-refractivity contribution in [2.24, 2.45) is 0 Å². The molecule has 0 N–H and O–H groups in total. The van der Waals surface area contributed by atoms with Crippen LogP contribution in [0.2, 0.25) is 5.15 Å². The number of fused-ring (bicyclic) bond motifs is 2. The zero-order valence-corrected chi connectivity index (χ0v) is 16.2. The number of aromatic nitrogens is 1. The van der Waals surface area contributed by atoms with Gasteiger partial charge in [-0.05, 0) is 60.7 Å². The molecule has 1 aliphatic heterocycles. The Morgan fingerprint density at radius 1 is 1.26 bits per heavy atom. The van der Waals surface area contributed by atoms with Crippen LogP contribution in [-0.4, -0.2) is 34.4 Å². The molecule has 1 aromatic carbocycles. The van der Waals surface area contributed by atoms with Gasteiger partial charge in [-0.2, -0.15) is 0 Å². The van der Waals surface area contributed by atoms with E-state index in [-0.39, 0.29) is 5.91 Å². The minimum absolute atomic E-state index is 0.172. The predicted molar refractivity (Wildman–Crippen MR) is 105 cm³/mol. The first-order chi connectivity index (χ1) is 13.0. The molecule has 0 saturated carbocycles. The second-order valence-corrected chi connectivity index (χ2v) is 7.86. The lowest BCUT2D eigenvalue weighted by Gasteiger charge is -2.29. The molecule has 0 radical (unpaired) electrons. The molecule has 5 nitrogen and oxygen atoms in total. The van der Waals surface area contributed by atoms with E-state index >= 15 is 0 Å². The molecule has 0 saturated heterocycles. The molecule has 2 aromatic heterocycles. The number of nitrogens with zero attached hydrogens (tertiary/aromatic N) is 2. The van der Waals surface area contributed by atoms with Crippen LogP contribution in [0.4, 0.5) is 0 Å². The monoisotopic (exact) mass is 400 g/mol. The SMILES string of the molecule is CC(OC(=O)c1ccc2nc(Cl)ccc2c1)C(=O)N1CCc2sccc2C1. The zero-order chi connectivity index (χ0) is 19.0. The normalized spacial score (nSPS) is 14.7. The van der Waals surface area contributed by atoms with Gasteiger partial charge in [-0.15, -0.1) is 11.3 Å². The van der Waals surface area contributed by atoms with Crippen molar-refractivity contribution in [2.75, 3.05) is 6.54 Å². The van der Waals surface area contributed by atoms with E-state index in [1.807, 2.05) is 11.4 Å². The highest BCUT2D eigenvalue weighted by Gasteiger charge is 2.27. The van der Waals surface area contributed by atoms with Gasteiger partial charge in [0.15, 0.2) is 6.10 Å². The molecule has 7 heteroatoms. The van der Waals surface area contributed by atoms with Crippen LogP contribution in [0.5, 0.6) is 0 Å². The van der Waals surface area contributed by atoms with Crippen molar-refractivity contribution in [3.05, 3.63) is 62.9 Å². The quantitative estimate of drug-likeness (QED) is 0.491. The molecule has 138 valence electrons. The van der Waals surface area contributed by atoms with E-state index in [1.165, 1.54) is 10.4 Å². The summed E-state index contributed by atoms with van der Waals surface area (Å²) in [4.78, 5) is 32.4. The average Bonchev–Trinajstić information content (AvgIpc) is 3.14. The number of carbonyl (C=O) groups is 2. The third kappa shape index (κ3) is 3.68. The van der Waals surface area contributed by atoms with Gasteiger partial charge >= 0.3 is 5.97 Å². The summed E-state index contributed by atoms with van der Waals surface area (Å²) in [6.45, 7) is 2.84. The number of hydrogen-bond donors (Lipinski definition) is 0. The van der Waals surface area contributed by atoms with Crippen molar-refractivity contribution >= 4 is 45.7 Å². The van der Waals surface area contributed by atoms with Crippen LogP contribution in [0.15, 0.2) is 41.8 Å². The Hall–Kier alpha value is -2.44. The summed E-state index contributed by atoms with van der Waals surface area (Å²) >= 11 is 7.60. The van der Waals surface area contributed by atoms with Gasteiger partial charge in [-0.3, -0.25) is 4.79 Å². The van der Waals surface area contributed by atoms with Gasteiger partial charge in [0.25, 0.3) is 5.91 Å². The van der Waals surface area contributed by atoms with Crippen LogP contribution in [-0.2, 0) is 22.5 Å². The number of halogens is 1. The summed E-state index contributed by atoms with van der Waals surface area (Å²) in [5.74, 6) is -0.699. The molecule has 1 atom stereocenters. The molecule has 1 unspecified atom stereocenters. The van der Waals surface area contributed by atoms with Crippen LogP contribution in [0.25, 0.3) is 10.9 Å². The van der Waals surface area contributed by atoms with Gasteiger partial charge in [0, 0.05) is 23.4 Å². The Kier molecular flexibility index (Phi) is 4.85. The Morgan fingerprint density at radius 3 is 2.96 bits per heavy atom. The molecule has 0 bridgehead atoms. The third-order valence-electron chi connectivity index (χ3n) is 4.64. The van der Waals surface area contributed by atoms with E-state index in [0.29, 0.717) is 29.3 Å². The van der Waals surface area contributed by atoms with Crippen molar-refractivity contribution in [1.29, 1.82) is 0 Å². The van der Waals surface area contributed by atoms with E-state index in [4.69, 9.17) is 16.3 Å². The number of esters is 1. The maximum Gasteiger partial charge on any atom is 0.338 e. The molecular weight excluding hydrogens is 384 g/mol. The van der Waals surface area contributed by atoms with E-state index in [2.05, 4.69) is 4.98 Å². The molecule has 27 heavy (non-hydrogen) atoms. The summed E-state index contributed by atoms with van der Waals surface area (Å²) in [6, 6.07) is 10.5. The molecule has 1 amide bonds. The Labute approximate surface area is 165 Å². The number of thiophene rings is 1. The Morgan fingerprint density at radius 2 is 2.11 bits per heavy atom. The van der Waals surface area contributed by atoms with E-state index < -0.39 is 12.1 Å². The number of amides is 1. The van der Waals surface area contributed by atoms with E-state index in [1.54, 1.807) is 53.5 Å². The van der Waals surface area contributed by atoms with E-state index in [9.17, 15) is 9.59 Å². The number of rotatable bonds is 3. The molecular formula is C20H17ClN2O3S. The number of hydrogen-bond acceptors (Lipinski definition) is 5. The maximum absolute atomic E-state index is 12.7. The highest BCUT2D eigenvalue weighted by Crippen LogP contribution is 2.25. The maximum atomic E-state index is 12.7. The zero-order valence-electron chi connectivity index (χ0n) is 14.6. The predicted octanol–water partition coefficient (Wildman–Crippen LogP) is 4.08. The standard InChI is InChI=1S/C20H17ClN2O3S/c1-12(19(24)23-8-6-17-15(11-23)7-9-27-17)26-20(25)14-2-4-16-13(10-14)3-5-18(21)22-16/h2-5,7,9-10,12H,6,8,11H2,1H3. The smallest absolute Gasteiger partial charge is 0.338 e. The average molecular weight is 401 g/mol. The summed E-state index contributed by atoms with van der Waals surface area (Å²) in [7, 11) is 0. The Bertz CT molecular complexity index is 1030. The van der Waals surface area contributed by atoms with Crippen molar-refractivity contribution in [3.63, 3.8) is 0 Å². The van der Waals surface area contributed by atoms with Crippen LogP contribution in [0, 0.1) is 0 Å². The summed E-state index contributed by atoms with van der Waals surface area (Å²) in [5.41, 5.74) is 2.26. The number of benzene rings is 1. The van der Waals surface area contributed by atoms with Crippen LogP contribution in [0.1, 0.15) is 27.7 Å². The largest absolute Gasteiger partial charge is 0.449 e.